The van der Waals surface area contributed by atoms with Crippen molar-refractivity contribution in [2.24, 2.45) is 5.11 Å². The van der Waals surface area contributed by atoms with Crippen molar-refractivity contribution in [3.8, 4) is 0 Å². The third kappa shape index (κ3) is 2.74. The Labute approximate surface area is 87.3 Å². The highest BCUT2D eigenvalue weighted by Gasteiger charge is 2.41. The first-order valence-corrected chi connectivity index (χ1v) is 4.10. The van der Waals surface area contributed by atoms with E-state index in [-0.39, 0.29) is 13.1 Å². The summed E-state index contributed by atoms with van der Waals surface area (Å²) in [6, 6.07) is 0. The molecule has 6 nitrogen and oxygen atoms in total. The number of aromatic nitrogens is 2. The van der Waals surface area contributed by atoms with Crippen LogP contribution in [0.25, 0.3) is 10.4 Å². The van der Waals surface area contributed by atoms with Crippen LogP contribution in [0.2, 0.25) is 0 Å². The van der Waals surface area contributed by atoms with Crippen molar-refractivity contribution in [2.75, 3.05) is 6.54 Å². The molecule has 1 rings (SSSR count). The summed E-state index contributed by atoms with van der Waals surface area (Å²) < 4.78 is 37.3. The van der Waals surface area contributed by atoms with E-state index in [2.05, 4.69) is 15.0 Å². The van der Waals surface area contributed by atoms with Gasteiger partial charge < -0.3 is 4.57 Å². The second kappa shape index (κ2) is 4.67. The fourth-order valence-electron chi connectivity index (χ4n) is 1.02. The monoisotopic (exact) mass is 233 g/mol. The zero-order valence-corrected chi connectivity index (χ0v) is 7.85. The van der Waals surface area contributed by atoms with Crippen LogP contribution in [0.15, 0.2) is 17.5 Å². The largest absolute Gasteiger partial charge is 0.458 e. The van der Waals surface area contributed by atoms with Crippen LogP contribution in [-0.2, 0) is 6.54 Å². The maximum Gasteiger partial charge on any atom is 0.458 e. The van der Waals surface area contributed by atoms with Crippen LogP contribution in [0.4, 0.5) is 13.2 Å². The molecule has 0 aromatic carbocycles. The van der Waals surface area contributed by atoms with Crippen molar-refractivity contribution < 1.29 is 18.0 Å². The summed E-state index contributed by atoms with van der Waals surface area (Å²) in [6.07, 6.45) is -2.66. The van der Waals surface area contributed by atoms with Crippen molar-refractivity contribution in [3.63, 3.8) is 0 Å². The molecule has 0 aliphatic rings. The minimum Gasteiger partial charge on any atom is -0.328 e. The maximum absolute atomic E-state index is 12.1. The van der Waals surface area contributed by atoms with Crippen LogP contribution in [-0.4, -0.2) is 28.1 Å². The van der Waals surface area contributed by atoms with Crippen LogP contribution in [0, 0.1) is 0 Å². The number of ketones is 1. The Morgan fingerprint density at radius 3 is 2.88 bits per heavy atom. The third-order valence-corrected chi connectivity index (χ3v) is 1.68. The second-order valence-corrected chi connectivity index (χ2v) is 2.73. The van der Waals surface area contributed by atoms with Crippen LogP contribution in [0.5, 0.6) is 0 Å². The van der Waals surface area contributed by atoms with Gasteiger partial charge in [0.05, 0.1) is 0 Å². The van der Waals surface area contributed by atoms with Gasteiger partial charge in [-0.05, 0) is 5.53 Å². The smallest absolute Gasteiger partial charge is 0.328 e. The van der Waals surface area contributed by atoms with Crippen LogP contribution >= 0.6 is 0 Å². The Morgan fingerprint density at radius 1 is 1.62 bits per heavy atom. The summed E-state index contributed by atoms with van der Waals surface area (Å²) in [5.41, 5.74) is 7.99. The number of rotatable bonds is 4. The number of carbonyl (C=O) groups excluding carboxylic acids is 1. The van der Waals surface area contributed by atoms with Gasteiger partial charge in [-0.15, -0.1) is 0 Å². The standard InChI is InChI=1S/C7H6F3N5O/c8-7(9,10)5(16)6-12-1-3-15(6)4-2-13-14-11/h1,3H,2,4H2. The van der Waals surface area contributed by atoms with Crippen LogP contribution in [0.3, 0.4) is 0 Å². The van der Waals surface area contributed by atoms with Gasteiger partial charge in [0.15, 0.2) is 5.82 Å². The minimum atomic E-state index is -4.96. The SMILES string of the molecule is [N-]=[N+]=NCCn1ccnc1C(=O)C(F)(F)F. The molecule has 0 fully saturated rings. The van der Waals surface area contributed by atoms with Gasteiger partial charge in [-0.1, -0.05) is 5.11 Å². The van der Waals surface area contributed by atoms with Gasteiger partial charge in [0.1, 0.15) is 0 Å². The predicted octanol–water partition coefficient (Wildman–Crippen LogP) is 1.94. The number of carbonyl (C=O) groups is 1. The molecule has 16 heavy (non-hydrogen) atoms. The van der Waals surface area contributed by atoms with Gasteiger partial charge in [0.2, 0.25) is 0 Å². The first kappa shape index (κ1) is 12.1. The van der Waals surface area contributed by atoms with E-state index in [0.29, 0.717) is 0 Å². The van der Waals surface area contributed by atoms with Gasteiger partial charge in [-0.3, -0.25) is 4.79 Å². The molecule has 1 aromatic heterocycles. The van der Waals surface area contributed by atoms with E-state index in [0.717, 1.165) is 10.8 Å². The lowest BCUT2D eigenvalue weighted by Gasteiger charge is -2.07. The topological polar surface area (TPSA) is 83.7 Å². The molecule has 0 radical (unpaired) electrons. The number of alkyl halides is 3. The van der Waals surface area contributed by atoms with E-state index >= 15 is 0 Å². The van der Waals surface area contributed by atoms with E-state index < -0.39 is 17.8 Å². The molecule has 0 bridgehead atoms. The highest BCUT2D eigenvalue weighted by atomic mass is 19.4. The van der Waals surface area contributed by atoms with E-state index in [4.69, 9.17) is 5.53 Å². The van der Waals surface area contributed by atoms with E-state index in [9.17, 15) is 18.0 Å². The molecule has 1 heterocycles. The summed E-state index contributed by atoms with van der Waals surface area (Å²) in [4.78, 5) is 16.6. The Hall–Kier alpha value is -2.02. The zero-order valence-electron chi connectivity index (χ0n) is 7.85. The third-order valence-electron chi connectivity index (χ3n) is 1.68. The molecule has 1 aromatic rings. The van der Waals surface area contributed by atoms with Gasteiger partial charge in [-0.25, -0.2) is 4.98 Å². The van der Waals surface area contributed by atoms with Gasteiger partial charge in [-0.2, -0.15) is 13.2 Å². The molecular formula is C7H6F3N5O. The first-order valence-electron chi connectivity index (χ1n) is 4.10. The van der Waals surface area contributed by atoms with Gasteiger partial charge in [0.25, 0.3) is 0 Å². The Bertz CT molecular complexity index is 431. The van der Waals surface area contributed by atoms with Crippen LogP contribution in [0.1, 0.15) is 10.6 Å². The quantitative estimate of drug-likeness (QED) is 0.344. The first-order chi connectivity index (χ1) is 7.46. The molecular weight excluding hydrogens is 227 g/mol. The summed E-state index contributed by atoms with van der Waals surface area (Å²) in [7, 11) is 0. The molecule has 9 heteroatoms. The average molecular weight is 233 g/mol. The predicted molar refractivity (Wildman–Crippen MR) is 46.6 cm³/mol. The Balaban J connectivity index is 2.86. The van der Waals surface area contributed by atoms with Gasteiger partial charge in [0, 0.05) is 30.4 Å². The number of azide groups is 1. The van der Waals surface area contributed by atoms with Crippen molar-refractivity contribution in [3.05, 3.63) is 28.7 Å². The number of nitrogens with zero attached hydrogens (tertiary/aromatic N) is 5. The average Bonchev–Trinajstić information content (AvgIpc) is 2.64. The fourth-order valence-corrected chi connectivity index (χ4v) is 1.02. The number of hydrogen-bond donors (Lipinski definition) is 0. The number of Topliss-reactive ketones (excluding diaryl/α,β-unsaturated/α-hetero) is 1. The van der Waals surface area contributed by atoms with Crippen molar-refractivity contribution in [2.45, 2.75) is 12.7 Å². The summed E-state index contributed by atoms with van der Waals surface area (Å²) in [5.74, 6) is -2.72. The molecule has 0 N–H and O–H groups in total. The fraction of sp³-hybridized carbons (Fsp3) is 0.429. The lowest BCUT2D eigenvalue weighted by molar-refractivity contribution is -0.0893. The summed E-state index contributed by atoms with van der Waals surface area (Å²) in [6.45, 7) is -0.0772. The minimum absolute atomic E-state index is 0.0266. The molecule has 0 unspecified atom stereocenters. The molecule has 0 amide bonds. The number of hydrogen-bond acceptors (Lipinski definition) is 3. The molecule has 0 aliphatic carbocycles. The van der Waals surface area contributed by atoms with E-state index in [1.54, 1.807) is 0 Å². The molecule has 0 aliphatic heterocycles. The number of imidazole rings is 1. The molecule has 0 atom stereocenters. The molecule has 0 saturated heterocycles. The van der Waals surface area contributed by atoms with Crippen molar-refractivity contribution >= 4 is 5.78 Å². The lowest BCUT2D eigenvalue weighted by atomic mass is 10.3. The Morgan fingerprint density at radius 2 is 2.31 bits per heavy atom. The van der Waals surface area contributed by atoms with Crippen LogP contribution < -0.4 is 0 Å². The Kier molecular flexibility index (Phi) is 3.51. The highest BCUT2D eigenvalue weighted by molar-refractivity contribution is 5.97. The lowest BCUT2D eigenvalue weighted by Crippen LogP contribution is -2.26. The summed E-state index contributed by atoms with van der Waals surface area (Å²) >= 11 is 0. The highest BCUT2D eigenvalue weighted by Crippen LogP contribution is 2.20. The molecule has 0 saturated carbocycles. The van der Waals surface area contributed by atoms with Crippen molar-refractivity contribution in [1.29, 1.82) is 0 Å². The summed E-state index contributed by atoms with van der Waals surface area (Å²) in [5, 5.41) is 3.15. The normalized spacial score (nSPS) is 10.9. The van der Waals surface area contributed by atoms with Crippen molar-refractivity contribution in [1.82, 2.24) is 9.55 Å². The zero-order chi connectivity index (χ0) is 12.2. The maximum atomic E-state index is 12.1. The van der Waals surface area contributed by atoms with E-state index in [1.165, 1.54) is 6.20 Å². The second-order valence-electron chi connectivity index (χ2n) is 2.73. The molecule has 86 valence electrons. The molecule has 0 spiro atoms. The van der Waals surface area contributed by atoms with Gasteiger partial charge >= 0.3 is 12.0 Å². The number of halogens is 3. The van der Waals surface area contributed by atoms with E-state index in [1.807, 2.05) is 0 Å².